The molecule has 24 heavy (non-hydrogen) atoms. The average Bonchev–Trinajstić information content (AvgIpc) is 2.91. The van der Waals surface area contributed by atoms with Crippen LogP contribution in [-0.4, -0.2) is 68.4 Å². The van der Waals surface area contributed by atoms with E-state index in [1.165, 1.54) is 6.26 Å². The molecule has 142 valence electrons. The molecule has 1 rings (SSSR count). The number of amides is 1. The van der Waals surface area contributed by atoms with Crippen molar-refractivity contribution in [2.45, 2.75) is 51.3 Å². The summed E-state index contributed by atoms with van der Waals surface area (Å²) < 4.78 is 22.6. The van der Waals surface area contributed by atoms with Gasteiger partial charge in [-0.1, -0.05) is 6.92 Å². The van der Waals surface area contributed by atoms with Crippen molar-refractivity contribution in [1.29, 1.82) is 0 Å². The van der Waals surface area contributed by atoms with Gasteiger partial charge in [-0.2, -0.15) is 0 Å². The SMILES string of the molecule is CCNC(=NCC(C)(C)S(C)(=O)=O)NC1CCN(C(=O)CC)C1.I. The molecule has 0 bridgehead atoms. The molecule has 0 aromatic heterocycles. The molecule has 1 heterocycles. The minimum absolute atomic E-state index is 0. The monoisotopic (exact) mass is 474 g/mol. The Morgan fingerprint density at radius 1 is 1.33 bits per heavy atom. The Balaban J connectivity index is 0.00000529. The van der Waals surface area contributed by atoms with Crippen LogP contribution in [0.1, 0.15) is 40.5 Å². The zero-order chi connectivity index (χ0) is 17.7. The van der Waals surface area contributed by atoms with Crippen LogP contribution in [0.5, 0.6) is 0 Å². The number of aliphatic imine (C=N–C) groups is 1. The smallest absolute Gasteiger partial charge is 0.222 e. The van der Waals surface area contributed by atoms with Crippen molar-refractivity contribution in [2.24, 2.45) is 4.99 Å². The third-order valence-corrected chi connectivity index (χ3v) is 6.29. The van der Waals surface area contributed by atoms with E-state index >= 15 is 0 Å². The molecular formula is C15H31IN4O3S. The number of hydrogen-bond donors (Lipinski definition) is 2. The summed E-state index contributed by atoms with van der Waals surface area (Å²) in [5.41, 5.74) is 0. The van der Waals surface area contributed by atoms with Crippen LogP contribution in [-0.2, 0) is 14.6 Å². The van der Waals surface area contributed by atoms with Crippen molar-refractivity contribution < 1.29 is 13.2 Å². The fourth-order valence-corrected chi connectivity index (χ4v) is 2.53. The lowest BCUT2D eigenvalue weighted by molar-refractivity contribution is -0.129. The standard InChI is InChI=1S/C15H30N4O3S.HI/c1-6-13(20)19-9-8-12(10-19)18-14(16-7-2)17-11-15(3,4)23(5,21)22;/h12H,6-11H2,1-5H3,(H2,16,17,18);1H. The second-order valence-electron chi connectivity index (χ2n) is 6.55. The topological polar surface area (TPSA) is 90.9 Å². The lowest BCUT2D eigenvalue weighted by Gasteiger charge is -2.22. The quantitative estimate of drug-likeness (QED) is 0.341. The number of nitrogens with zero attached hydrogens (tertiary/aromatic N) is 2. The van der Waals surface area contributed by atoms with Gasteiger partial charge in [0.1, 0.15) is 0 Å². The van der Waals surface area contributed by atoms with Crippen molar-refractivity contribution in [1.82, 2.24) is 15.5 Å². The van der Waals surface area contributed by atoms with E-state index in [1.54, 1.807) is 13.8 Å². The van der Waals surface area contributed by atoms with Crippen molar-refractivity contribution in [3.63, 3.8) is 0 Å². The Morgan fingerprint density at radius 2 is 1.96 bits per heavy atom. The third-order valence-electron chi connectivity index (χ3n) is 4.15. The van der Waals surface area contributed by atoms with Gasteiger partial charge in [-0.3, -0.25) is 9.79 Å². The lowest BCUT2D eigenvalue weighted by atomic mass is 10.2. The molecule has 0 aromatic rings. The first kappa shape index (κ1) is 23.4. The number of sulfone groups is 1. The van der Waals surface area contributed by atoms with Crippen molar-refractivity contribution in [3.05, 3.63) is 0 Å². The fourth-order valence-electron chi connectivity index (χ4n) is 2.23. The predicted molar refractivity (Wildman–Crippen MR) is 109 cm³/mol. The van der Waals surface area contributed by atoms with Gasteiger partial charge >= 0.3 is 0 Å². The number of rotatable bonds is 6. The molecule has 0 saturated carbocycles. The molecule has 0 radical (unpaired) electrons. The summed E-state index contributed by atoms with van der Waals surface area (Å²) >= 11 is 0. The molecule has 1 fully saturated rings. The van der Waals surface area contributed by atoms with Crippen LogP contribution in [0.2, 0.25) is 0 Å². The van der Waals surface area contributed by atoms with E-state index in [1.807, 2.05) is 18.7 Å². The van der Waals surface area contributed by atoms with Crippen LogP contribution in [0.3, 0.4) is 0 Å². The maximum absolute atomic E-state index is 11.8. The Bertz CT molecular complexity index is 549. The van der Waals surface area contributed by atoms with Crippen molar-refractivity contribution >= 4 is 45.7 Å². The van der Waals surface area contributed by atoms with Crippen molar-refractivity contribution in [3.8, 4) is 0 Å². The van der Waals surface area contributed by atoms with Gasteiger partial charge in [0.25, 0.3) is 0 Å². The number of likely N-dealkylation sites (tertiary alicyclic amines) is 1. The number of halogens is 1. The van der Waals surface area contributed by atoms with Crippen LogP contribution < -0.4 is 10.6 Å². The molecule has 1 aliphatic rings. The summed E-state index contributed by atoms with van der Waals surface area (Å²) in [5, 5.41) is 6.43. The van der Waals surface area contributed by atoms with E-state index in [4.69, 9.17) is 0 Å². The first-order valence-corrected chi connectivity index (χ1v) is 10.0. The first-order valence-electron chi connectivity index (χ1n) is 8.13. The van der Waals surface area contributed by atoms with E-state index in [0.717, 1.165) is 13.0 Å². The Hall–Kier alpha value is -0.580. The molecule has 1 atom stereocenters. The number of carbonyl (C=O) groups is 1. The molecule has 0 aromatic carbocycles. The molecule has 7 nitrogen and oxygen atoms in total. The van der Waals surface area contributed by atoms with Crippen LogP contribution >= 0.6 is 24.0 Å². The number of nitrogens with one attached hydrogen (secondary N) is 2. The second-order valence-corrected chi connectivity index (χ2v) is 9.20. The van der Waals surface area contributed by atoms with Gasteiger partial charge < -0.3 is 15.5 Å². The summed E-state index contributed by atoms with van der Waals surface area (Å²) in [4.78, 5) is 18.0. The van der Waals surface area contributed by atoms with Crippen LogP contribution in [0.15, 0.2) is 4.99 Å². The van der Waals surface area contributed by atoms with Crippen LogP contribution in [0.25, 0.3) is 0 Å². The van der Waals surface area contributed by atoms with Gasteiger partial charge in [-0.05, 0) is 27.2 Å². The summed E-state index contributed by atoms with van der Waals surface area (Å²) in [6.45, 7) is 9.45. The van der Waals surface area contributed by atoms with E-state index in [2.05, 4.69) is 15.6 Å². The van der Waals surface area contributed by atoms with Crippen LogP contribution in [0, 0.1) is 0 Å². The zero-order valence-electron chi connectivity index (χ0n) is 15.3. The Labute approximate surface area is 163 Å². The Kier molecular flexibility index (Phi) is 9.55. The highest BCUT2D eigenvalue weighted by Crippen LogP contribution is 2.15. The zero-order valence-corrected chi connectivity index (χ0v) is 18.4. The lowest BCUT2D eigenvalue weighted by Crippen LogP contribution is -2.46. The molecule has 0 spiro atoms. The summed E-state index contributed by atoms with van der Waals surface area (Å²) in [7, 11) is -3.18. The maximum atomic E-state index is 11.8. The van der Waals surface area contributed by atoms with Gasteiger partial charge in [0.2, 0.25) is 5.91 Å². The molecular weight excluding hydrogens is 443 g/mol. The van der Waals surface area contributed by atoms with Crippen LogP contribution in [0.4, 0.5) is 0 Å². The number of guanidine groups is 1. The predicted octanol–water partition coefficient (Wildman–Crippen LogP) is 0.994. The van der Waals surface area contributed by atoms with Crippen molar-refractivity contribution in [2.75, 3.05) is 32.4 Å². The summed E-state index contributed by atoms with van der Waals surface area (Å²) in [6.07, 6.45) is 2.61. The van der Waals surface area contributed by atoms with E-state index in [-0.39, 0.29) is 42.5 Å². The average molecular weight is 474 g/mol. The van der Waals surface area contributed by atoms with E-state index in [0.29, 0.717) is 25.5 Å². The van der Waals surface area contributed by atoms with Gasteiger partial charge in [-0.25, -0.2) is 8.42 Å². The molecule has 0 aliphatic carbocycles. The maximum Gasteiger partial charge on any atom is 0.222 e. The molecule has 1 aliphatic heterocycles. The molecule has 1 amide bonds. The summed E-state index contributed by atoms with van der Waals surface area (Å²) in [6, 6.07) is 0.143. The number of hydrogen-bond acceptors (Lipinski definition) is 4. The van der Waals surface area contributed by atoms with Gasteiger partial charge in [0, 0.05) is 38.4 Å². The van der Waals surface area contributed by atoms with Gasteiger partial charge in [-0.15, -0.1) is 24.0 Å². The fraction of sp³-hybridized carbons (Fsp3) is 0.867. The van der Waals surface area contributed by atoms with Gasteiger partial charge in [0.05, 0.1) is 11.3 Å². The summed E-state index contributed by atoms with van der Waals surface area (Å²) in [5.74, 6) is 0.759. The molecule has 9 heteroatoms. The second kappa shape index (κ2) is 9.79. The normalized spacial score (nSPS) is 19.0. The van der Waals surface area contributed by atoms with Gasteiger partial charge in [0.15, 0.2) is 15.8 Å². The highest BCUT2D eigenvalue weighted by Gasteiger charge is 2.30. The first-order chi connectivity index (χ1) is 10.6. The molecule has 2 N–H and O–H groups in total. The minimum Gasteiger partial charge on any atom is -0.357 e. The third kappa shape index (κ3) is 6.73. The molecule has 1 unspecified atom stereocenters. The number of carbonyl (C=O) groups excluding carboxylic acids is 1. The van der Waals surface area contributed by atoms with E-state index < -0.39 is 14.6 Å². The largest absolute Gasteiger partial charge is 0.357 e. The van der Waals surface area contributed by atoms with E-state index in [9.17, 15) is 13.2 Å². The molecule has 1 saturated heterocycles. The highest BCUT2D eigenvalue weighted by molar-refractivity contribution is 14.0. The highest BCUT2D eigenvalue weighted by atomic mass is 127. The Morgan fingerprint density at radius 3 is 2.46 bits per heavy atom. The minimum atomic E-state index is -3.18.